The summed E-state index contributed by atoms with van der Waals surface area (Å²) in [4.78, 5) is 0. The first-order chi connectivity index (χ1) is 9.56. The van der Waals surface area contributed by atoms with Crippen LogP contribution in [0.1, 0.15) is 22.8 Å². The van der Waals surface area contributed by atoms with Crippen LogP contribution in [0.2, 0.25) is 5.02 Å². The Balaban J connectivity index is 2.47. The number of hydrogen-bond donors (Lipinski definition) is 1. The molecule has 0 aliphatic heterocycles. The number of ether oxygens (including phenoxy) is 2. The Morgan fingerprint density at radius 1 is 1.05 bits per heavy atom. The Hall–Kier alpha value is -1.71. The van der Waals surface area contributed by atoms with Gasteiger partial charge < -0.3 is 14.6 Å². The molecule has 0 aliphatic carbocycles. The van der Waals surface area contributed by atoms with Crippen LogP contribution >= 0.6 is 11.6 Å². The molecular formula is C16H17ClO3. The highest BCUT2D eigenvalue weighted by Crippen LogP contribution is 2.34. The summed E-state index contributed by atoms with van der Waals surface area (Å²) in [6.07, 6.45) is -0.827. The van der Waals surface area contributed by atoms with Crippen LogP contribution in [0.15, 0.2) is 36.4 Å². The van der Waals surface area contributed by atoms with E-state index in [0.717, 1.165) is 5.56 Å². The van der Waals surface area contributed by atoms with Crippen molar-refractivity contribution in [1.82, 2.24) is 0 Å². The summed E-state index contributed by atoms with van der Waals surface area (Å²) in [7, 11) is 3.15. The fraction of sp³-hybridized carbons (Fsp3) is 0.250. The van der Waals surface area contributed by atoms with Gasteiger partial charge in [-0.15, -0.1) is 0 Å². The van der Waals surface area contributed by atoms with Crippen molar-refractivity contribution in [3.63, 3.8) is 0 Å². The minimum Gasteiger partial charge on any atom is -0.497 e. The van der Waals surface area contributed by atoms with Crippen LogP contribution in [-0.2, 0) is 0 Å². The number of methoxy groups -OCH3 is 2. The zero-order chi connectivity index (χ0) is 14.7. The van der Waals surface area contributed by atoms with E-state index in [1.165, 1.54) is 0 Å². The van der Waals surface area contributed by atoms with Crippen LogP contribution in [0.25, 0.3) is 0 Å². The zero-order valence-electron chi connectivity index (χ0n) is 11.7. The molecule has 1 unspecified atom stereocenters. The van der Waals surface area contributed by atoms with Crippen molar-refractivity contribution >= 4 is 11.6 Å². The number of halogens is 1. The van der Waals surface area contributed by atoms with Crippen LogP contribution in [-0.4, -0.2) is 19.3 Å². The number of aliphatic hydroxyl groups is 1. The van der Waals surface area contributed by atoms with Crippen LogP contribution in [0.3, 0.4) is 0 Å². The van der Waals surface area contributed by atoms with Gasteiger partial charge in [0.05, 0.1) is 14.2 Å². The van der Waals surface area contributed by atoms with Gasteiger partial charge in [0.2, 0.25) is 0 Å². The van der Waals surface area contributed by atoms with E-state index in [0.29, 0.717) is 27.6 Å². The second kappa shape index (κ2) is 6.16. The summed E-state index contributed by atoms with van der Waals surface area (Å²) >= 11 is 6.26. The molecule has 0 aromatic heterocycles. The van der Waals surface area contributed by atoms with Crippen molar-refractivity contribution in [1.29, 1.82) is 0 Å². The normalized spacial score (nSPS) is 12.1. The van der Waals surface area contributed by atoms with Gasteiger partial charge in [-0.1, -0.05) is 29.8 Å². The van der Waals surface area contributed by atoms with Gasteiger partial charge in [-0.2, -0.15) is 0 Å². The van der Waals surface area contributed by atoms with Crippen molar-refractivity contribution in [2.75, 3.05) is 14.2 Å². The maximum atomic E-state index is 10.5. The molecule has 106 valence electrons. The first-order valence-electron chi connectivity index (χ1n) is 6.23. The minimum absolute atomic E-state index is 0.571. The van der Waals surface area contributed by atoms with E-state index < -0.39 is 6.10 Å². The molecule has 0 bridgehead atoms. The molecule has 0 spiro atoms. The van der Waals surface area contributed by atoms with E-state index >= 15 is 0 Å². The Labute approximate surface area is 123 Å². The van der Waals surface area contributed by atoms with Crippen LogP contribution in [0.4, 0.5) is 0 Å². The van der Waals surface area contributed by atoms with Gasteiger partial charge in [-0.25, -0.2) is 0 Å². The van der Waals surface area contributed by atoms with Gasteiger partial charge in [0.15, 0.2) is 0 Å². The van der Waals surface area contributed by atoms with Gasteiger partial charge in [0.1, 0.15) is 17.6 Å². The topological polar surface area (TPSA) is 38.7 Å². The molecule has 0 saturated carbocycles. The Morgan fingerprint density at radius 2 is 1.65 bits per heavy atom. The van der Waals surface area contributed by atoms with E-state index in [1.807, 2.05) is 25.1 Å². The van der Waals surface area contributed by atoms with E-state index in [2.05, 4.69) is 0 Å². The second-order valence-electron chi connectivity index (χ2n) is 4.53. The number of aliphatic hydroxyl groups excluding tert-OH is 1. The van der Waals surface area contributed by atoms with Gasteiger partial charge >= 0.3 is 0 Å². The highest BCUT2D eigenvalue weighted by atomic mass is 35.5. The molecule has 2 rings (SSSR count). The molecular weight excluding hydrogens is 276 g/mol. The molecule has 2 aromatic rings. The molecule has 0 saturated heterocycles. The third-order valence-electron chi connectivity index (χ3n) is 3.21. The fourth-order valence-electron chi connectivity index (χ4n) is 2.05. The van der Waals surface area contributed by atoms with E-state index in [4.69, 9.17) is 21.1 Å². The lowest BCUT2D eigenvalue weighted by atomic mass is 9.99. The molecule has 20 heavy (non-hydrogen) atoms. The first kappa shape index (κ1) is 14.7. The molecule has 0 heterocycles. The molecule has 3 nitrogen and oxygen atoms in total. The number of aryl methyl sites for hydroxylation is 1. The molecule has 1 N–H and O–H groups in total. The third-order valence-corrected chi connectivity index (χ3v) is 3.72. The van der Waals surface area contributed by atoms with E-state index in [9.17, 15) is 5.11 Å². The average Bonchev–Trinajstić information content (AvgIpc) is 2.48. The fourth-order valence-corrected chi connectivity index (χ4v) is 2.28. The van der Waals surface area contributed by atoms with Crippen molar-refractivity contribution in [2.45, 2.75) is 13.0 Å². The highest BCUT2D eigenvalue weighted by molar-refractivity contribution is 6.32. The summed E-state index contributed by atoms with van der Waals surface area (Å²) in [5, 5.41) is 11.1. The number of benzene rings is 2. The van der Waals surface area contributed by atoms with Gasteiger partial charge in [0.25, 0.3) is 0 Å². The monoisotopic (exact) mass is 292 g/mol. The average molecular weight is 293 g/mol. The quantitative estimate of drug-likeness (QED) is 0.933. The third kappa shape index (κ3) is 2.89. The summed E-state index contributed by atoms with van der Waals surface area (Å²) in [6, 6.07) is 10.9. The lowest BCUT2D eigenvalue weighted by molar-refractivity contribution is 0.219. The van der Waals surface area contributed by atoms with Crippen molar-refractivity contribution in [2.24, 2.45) is 0 Å². The Bertz CT molecular complexity index is 588. The van der Waals surface area contributed by atoms with Gasteiger partial charge in [0, 0.05) is 16.7 Å². The Kier molecular flexibility index (Phi) is 4.53. The van der Waals surface area contributed by atoms with Crippen LogP contribution in [0, 0.1) is 6.92 Å². The second-order valence-corrected chi connectivity index (χ2v) is 4.90. The largest absolute Gasteiger partial charge is 0.497 e. The van der Waals surface area contributed by atoms with Crippen LogP contribution < -0.4 is 9.47 Å². The number of rotatable bonds is 4. The lowest BCUT2D eigenvalue weighted by Gasteiger charge is -2.16. The van der Waals surface area contributed by atoms with Gasteiger partial charge in [-0.3, -0.25) is 0 Å². The lowest BCUT2D eigenvalue weighted by Crippen LogP contribution is -2.02. The first-order valence-corrected chi connectivity index (χ1v) is 6.60. The molecule has 2 aromatic carbocycles. The van der Waals surface area contributed by atoms with E-state index in [1.54, 1.807) is 32.4 Å². The summed E-state index contributed by atoms with van der Waals surface area (Å²) < 4.78 is 10.4. The molecule has 0 amide bonds. The highest BCUT2D eigenvalue weighted by Gasteiger charge is 2.16. The Morgan fingerprint density at radius 3 is 2.20 bits per heavy atom. The summed E-state index contributed by atoms with van der Waals surface area (Å²) in [6.45, 7) is 1.91. The standard InChI is InChI=1S/C16H17ClO3/c1-10-5-4-6-14(15(10)17)16(18)11-7-12(19-2)9-13(8-11)20-3/h4-9,16,18H,1-3H3. The zero-order valence-corrected chi connectivity index (χ0v) is 12.4. The molecule has 0 radical (unpaired) electrons. The predicted octanol–water partition coefficient (Wildman–Crippen LogP) is 3.75. The van der Waals surface area contributed by atoms with Crippen molar-refractivity contribution in [3.05, 3.63) is 58.1 Å². The van der Waals surface area contributed by atoms with Crippen LogP contribution in [0.5, 0.6) is 11.5 Å². The molecule has 0 fully saturated rings. The maximum Gasteiger partial charge on any atom is 0.122 e. The summed E-state index contributed by atoms with van der Waals surface area (Å²) in [5.41, 5.74) is 2.27. The smallest absolute Gasteiger partial charge is 0.122 e. The SMILES string of the molecule is COc1cc(OC)cc(C(O)c2cccc(C)c2Cl)c1. The van der Waals surface area contributed by atoms with E-state index in [-0.39, 0.29) is 0 Å². The molecule has 0 aliphatic rings. The van der Waals surface area contributed by atoms with Gasteiger partial charge in [-0.05, 0) is 30.2 Å². The minimum atomic E-state index is -0.827. The maximum absolute atomic E-state index is 10.5. The summed E-state index contributed by atoms with van der Waals surface area (Å²) in [5.74, 6) is 1.25. The van der Waals surface area contributed by atoms with Crippen molar-refractivity contribution < 1.29 is 14.6 Å². The predicted molar refractivity (Wildman–Crippen MR) is 79.8 cm³/mol. The number of hydrogen-bond acceptors (Lipinski definition) is 3. The molecule has 1 atom stereocenters. The van der Waals surface area contributed by atoms with Crippen molar-refractivity contribution in [3.8, 4) is 11.5 Å². The molecule has 4 heteroatoms.